The topological polar surface area (TPSA) is 68.2 Å². The number of hydrogen-bond donors (Lipinski definition) is 2. The van der Waals surface area contributed by atoms with Gasteiger partial charge in [-0.1, -0.05) is 26.0 Å². The van der Waals surface area contributed by atoms with Crippen LogP contribution in [0.25, 0.3) is 0 Å². The molecule has 0 aliphatic carbocycles. The Morgan fingerprint density at radius 2 is 2.22 bits per heavy atom. The number of anilines is 1. The molecule has 0 bridgehead atoms. The molecule has 2 amide bonds. The van der Waals surface area contributed by atoms with Gasteiger partial charge in [0.25, 0.3) is 0 Å². The quantitative estimate of drug-likeness (QED) is 0.772. The van der Waals surface area contributed by atoms with E-state index < -0.39 is 0 Å². The first-order valence-electron chi connectivity index (χ1n) is 7.74. The van der Waals surface area contributed by atoms with Crippen molar-refractivity contribution in [3.63, 3.8) is 0 Å². The van der Waals surface area contributed by atoms with Crippen LogP contribution >= 0.6 is 0 Å². The predicted octanol–water partition coefficient (Wildman–Crippen LogP) is 2.82. The van der Waals surface area contributed by atoms with Crippen molar-refractivity contribution in [2.75, 3.05) is 25.6 Å². The molecule has 0 spiro atoms. The lowest BCUT2D eigenvalue weighted by Gasteiger charge is -2.12. The number of amides is 2. The Morgan fingerprint density at radius 1 is 1.39 bits per heavy atom. The first kappa shape index (κ1) is 17.0. The van der Waals surface area contributed by atoms with Crippen molar-refractivity contribution in [3.8, 4) is 0 Å². The Hall–Kier alpha value is -2.34. The van der Waals surface area contributed by atoms with E-state index in [2.05, 4.69) is 34.0 Å². The van der Waals surface area contributed by atoms with Crippen LogP contribution in [0.15, 0.2) is 36.7 Å². The lowest BCUT2D eigenvalue weighted by molar-refractivity contribution is 0.198. The molecule has 1 heterocycles. The molecule has 1 aromatic heterocycles. The third-order valence-corrected chi connectivity index (χ3v) is 3.39. The number of methoxy groups -OCH3 is 1. The minimum absolute atomic E-state index is 0.232. The fourth-order valence-electron chi connectivity index (χ4n) is 2.34. The Morgan fingerprint density at radius 3 is 2.96 bits per heavy atom. The highest BCUT2D eigenvalue weighted by molar-refractivity contribution is 5.89. The van der Waals surface area contributed by atoms with Crippen molar-refractivity contribution in [2.45, 2.75) is 26.3 Å². The van der Waals surface area contributed by atoms with Crippen LogP contribution in [0.3, 0.4) is 0 Å². The van der Waals surface area contributed by atoms with E-state index in [9.17, 15) is 4.79 Å². The third-order valence-electron chi connectivity index (χ3n) is 3.39. The van der Waals surface area contributed by atoms with Crippen LogP contribution in [-0.2, 0) is 11.3 Å². The van der Waals surface area contributed by atoms with Crippen LogP contribution in [0, 0.1) is 0 Å². The molecule has 1 aromatic carbocycles. The predicted molar refractivity (Wildman–Crippen MR) is 90.8 cm³/mol. The van der Waals surface area contributed by atoms with Crippen LogP contribution in [0.5, 0.6) is 0 Å². The fraction of sp³-hybridized carbons (Fsp3) is 0.412. The molecule has 23 heavy (non-hydrogen) atoms. The van der Waals surface area contributed by atoms with Gasteiger partial charge in [-0.2, -0.15) is 0 Å². The summed E-state index contributed by atoms with van der Waals surface area (Å²) in [5, 5.41) is 5.56. The number of nitrogens with one attached hydrogen (secondary N) is 2. The maximum absolute atomic E-state index is 11.8. The molecule has 0 atom stereocenters. The summed E-state index contributed by atoms with van der Waals surface area (Å²) in [5.41, 5.74) is 1.88. The van der Waals surface area contributed by atoms with Gasteiger partial charge >= 0.3 is 6.03 Å². The number of urea groups is 1. The van der Waals surface area contributed by atoms with Gasteiger partial charge in [-0.15, -0.1) is 0 Å². The van der Waals surface area contributed by atoms with Gasteiger partial charge in [0, 0.05) is 44.2 Å². The lowest BCUT2D eigenvalue weighted by Crippen LogP contribution is -2.31. The summed E-state index contributed by atoms with van der Waals surface area (Å²) in [5.74, 6) is 1.43. The molecule has 2 rings (SSSR count). The second kappa shape index (κ2) is 8.33. The average Bonchev–Trinajstić information content (AvgIpc) is 2.96. The first-order chi connectivity index (χ1) is 11.1. The highest BCUT2D eigenvalue weighted by atomic mass is 16.5. The highest BCUT2D eigenvalue weighted by Gasteiger charge is 2.08. The normalized spacial score (nSPS) is 10.8. The van der Waals surface area contributed by atoms with E-state index in [1.54, 1.807) is 7.11 Å². The maximum atomic E-state index is 11.8. The molecule has 0 aliphatic heterocycles. The molecule has 0 aliphatic rings. The molecule has 0 fully saturated rings. The summed E-state index contributed by atoms with van der Waals surface area (Å²) < 4.78 is 7.03. The largest absolute Gasteiger partial charge is 0.383 e. The Kier molecular flexibility index (Phi) is 6.17. The number of nitrogens with zero attached hydrogens (tertiary/aromatic N) is 2. The number of imidazole rings is 1. The zero-order valence-electron chi connectivity index (χ0n) is 13.9. The standard InChI is InChI=1S/C17H24N4O2/c1-13(2)16-18-7-9-21(16)12-14-5-4-6-15(11-14)20-17(22)19-8-10-23-3/h4-7,9,11,13H,8,10,12H2,1-3H3,(H2,19,20,22). The SMILES string of the molecule is COCCNC(=O)Nc1cccc(Cn2ccnc2C(C)C)c1. The molecule has 6 heteroatoms. The van der Waals surface area contributed by atoms with Gasteiger partial charge in [0.05, 0.1) is 6.61 Å². The van der Waals surface area contributed by atoms with Crippen LogP contribution in [-0.4, -0.2) is 35.8 Å². The summed E-state index contributed by atoms with van der Waals surface area (Å²) in [6, 6.07) is 7.59. The lowest BCUT2D eigenvalue weighted by atomic mass is 10.1. The van der Waals surface area contributed by atoms with Crippen molar-refractivity contribution >= 4 is 11.7 Å². The molecule has 0 saturated carbocycles. The van der Waals surface area contributed by atoms with Crippen LogP contribution in [0.1, 0.15) is 31.2 Å². The molecule has 0 saturated heterocycles. The average molecular weight is 316 g/mol. The first-order valence-corrected chi connectivity index (χ1v) is 7.74. The van der Waals surface area contributed by atoms with Crippen molar-refractivity contribution in [3.05, 3.63) is 48.0 Å². The zero-order chi connectivity index (χ0) is 16.7. The maximum Gasteiger partial charge on any atom is 0.319 e. The zero-order valence-corrected chi connectivity index (χ0v) is 13.9. The van der Waals surface area contributed by atoms with E-state index in [-0.39, 0.29) is 6.03 Å². The number of aromatic nitrogens is 2. The van der Waals surface area contributed by atoms with Gasteiger partial charge in [-0.25, -0.2) is 9.78 Å². The van der Waals surface area contributed by atoms with Gasteiger partial charge in [0.2, 0.25) is 0 Å². The van der Waals surface area contributed by atoms with Crippen molar-refractivity contribution in [1.29, 1.82) is 0 Å². The van der Waals surface area contributed by atoms with E-state index in [1.807, 2.05) is 36.7 Å². The fourth-order valence-corrected chi connectivity index (χ4v) is 2.34. The third kappa shape index (κ3) is 5.10. The molecule has 124 valence electrons. The second-order valence-corrected chi connectivity index (χ2v) is 5.64. The van der Waals surface area contributed by atoms with Gasteiger partial charge in [0.15, 0.2) is 0 Å². The number of rotatable bonds is 7. The number of carbonyl (C=O) groups excluding carboxylic acids is 1. The number of hydrogen-bond acceptors (Lipinski definition) is 3. The Bertz CT molecular complexity index is 637. The summed E-state index contributed by atoms with van der Waals surface area (Å²) in [6.45, 7) is 5.96. The molecule has 2 N–H and O–H groups in total. The van der Waals surface area contributed by atoms with E-state index in [0.717, 1.165) is 23.6 Å². The summed E-state index contributed by atoms with van der Waals surface area (Å²) in [7, 11) is 1.60. The Labute approximate surface area is 136 Å². The smallest absolute Gasteiger partial charge is 0.319 e. The van der Waals surface area contributed by atoms with E-state index in [0.29, 0.717) is 19.1 Å². The number of benzene rings is 1. The van der Waals surface area contributed by atoms with E-state index in [4.69, 9.17) is 4.74 Å². The van der Waals surface area contributed by atoms with Gasteiger partial charge in [-0.05, 0) is 17.7 Å². The minimum atomic E-state index is -0.232. The molecule has 6 nitrogen and oxygen atoms in total. The molecule has 0 unspecified atom stereocenters. The van der Waals surface area contributed by atoms with Gasteiger partial charge in [0.1, 0.15) is 5.82 Å². The minimum Gasteiger partial charge on any atom is -0.383 e. The molecular formula is C17H24N4O2. The van der Waals surface area contributed by atoms with Gasteiger partial charge < -0.3 is 19.9 Å². The molecule has 2 aromatic rings. The summed E-state index contributed by atoms with van der Waals surface area (Å²) in [4.78, 5) is 16.2. The van der Waals surface area contributed by atoms with Crippen molar-refractivity contribution < 1.29 is 9.53 Å². The van der Waals surface area contributed by atoms with Crippen molar-refractivity contribution in [2.24, 2.45) is 0 Å². The van der Waals surface area contributed by atoms with E-state index >= 15 is 0 Å². The van der Waals surface area contributed by atoms with Crippen molar-refractivity contribution in [1.82, 2.24) is 14.9 Å². The summed E-state index contributed by atoms with van der Waals surface area (Å²) in [6.07, 6.45) is 3.80. The number of ether oxygens (including phenoxy) is 1. The van der Waals surface area contributed by atoms with Crippen LogP contribution < -0.4 is 10.6 Å². The molecule has 0 radical (unpaired) electrons. The van der Waals surface area contributed by atoms with Gasteiger partial charge in [-0.3, -0.25) is 0 Å². The number of carbonyl (C=O) groups is 1. The van der Waals surface area contributed by atoms with Crippen LogP contribution in [0.4, 0.5) is 10.5 Å². The van der Waals surface area contributed by atoms with Crippen LogP contribution in [0.2, 0.25) is 0 Å². The summed E-state index contributed by atoms with van der Waals surface area (Å²) >= 11 is 0. The molecular weight excluding hydrogens is 292 g/mol. The highest BCUT2D eigenvalue weighted by Crippen LogP contribution is 2.16. The Balaban J connectivity index is 1.99. The van der Waals surface area contributed by atoms with E-state index in [1.165, 1.54) is 0 Å². The second-order valence-electron chi connectivity index (χ2n) is 5.64. The monoisotopic (exact) mass is 316 g/mol.